The van der Waals surface area contributed by atoms with Gasteiger partial charge in [-0.2, -0.15) is 0 Å². The van der Waals surface area contributed by atoms with Crippen molar-refractivity contribution in [2.24, 2.45) is 0 Å². The van der Waals surface area contributed by atoms with Gasteiger partial charge in [0.15, 0.2) is 0 Å². The van der Waals surface area contributed by atoms with Gasteiger partial charge in [0.1, 0.15) is 17.1 Å². The van der Waals surface area contributed by atoms with Gasteiger partial charge in [-0.05, 0) is 35.9 Å². The lowest BCUT2D eigenvalue weighted by Gasteiger charge is -2.01. The Balaban J connectivity index is 1.97. The van der Waals surface area contributed by atoms with Crippen molar-refractivity contribution in [3.05, 3.63) is 71.7 Å². The van der Waals surface area contributed by atoms with Crippen molar-refractivity contribution < 1.29 is 9.50 Å². The van der Waals surface area contributed by atoms with Crippen molar-refractivity contribution in [2.45, 2.75) is 0 Å². The largest absolute Gasteiger partial charge is 0.506 e. The first kappa shape index (κ1) is 12.4. The summed E-state index contributed by atoms with van der Waals surface area (Å²) in [7, 11) is 0. The van der Waals surface area contributed by atoms with Crippen molar-refractivity contribution in [2.75, 3.05) is 0 Å². The van der Waals surface area contributed by atoms with Crippen LogP contribution in [-0.4, -0.2) is 10.1 Å². The standard InChI is InChI=1S/C17H12FNO/c18-14-5-1-3-12(11-14)7-9-15-10-8-13-4-2-6-16(20)17(13)19-15/h1-11,20H. The number of hydrogen-bond donors (Lipinski definition) is 1. The molecule has 2 nitrogen and oxygen atoms in total. The van der Waals surface area contributed by atoms with Gasteiger partial charge in [-0.3, -0.25) is 0 Å². The number of phenolic OH excluding ortho intramolecular Hbond substituents is 1. The minimum Gasteiger partial charge on any atom is -0.506 e. The highest BCUT2D eigenvalue weighted by atomic mass is 19.1. The van der Waals surface area contributed by atoms with Gasteiger partial charge in [-0.15, -0.1) is 0 Å². The summed E-state index contributed by atoms with van der Waals surface area (Å²) in [5.74, 6) is -0.111. The number of para-hydroxylation sites is 1. The van der Waals surface area contributed by atoms with Crippen molar-refractivity contribution >= 4 is 23.1 Å². The number of aromatic nitrogens is 1. The monoisotopic (exact) mass is 265 g/mol. The summed E-state index contributed by atoms with van der Waals surface area (Å²) in [5.41, 5.74) is 2.04. The average molecular weight is 265 g/mol. The van der Waals surface area contributed by atoms with E-state index in [1.165, 1.54) is 12.1 Å². The average Bonchev–Trinajstić information content (AvgIpc) is 2.46. The molecular formula is C17H12FNO. The van der Waals surface area contributed by atoms with E-state index in [-0.39, 0.29) is 11.6 Å². The topological polar surface area (TPSA) is 33.1 Å². The first-order valence-electron chi connectivity index (χ1n) is 6.25. The highest BCUT2D eigenvalue weighted by molar-refractivity contribution is 5.85. The zero-order valence-electron chi connectivity index (χ0n) is 10.6. The molecule has 98 valence electrons. The first-order valence-corrected chi connectivity index (χ1v) is 6.25. The van der Waals surface area contributed by atoms with Crippen molar-refractivity contribution in [1.29, 1.82) is 0 Å². The van der Waals surface area contributed by atoms with Gasteiger partial charge in [0, 0.05) is 5.39 Å². The molecule has 1 N–H and O–H groups in total. The number of fused-ring (bicyclic) bond motifs is 1. The SMILES string of the molecule is Oc1cccc2ccc(C=Cc3cccc(F)c3)nc12. The van der Waals surface area contributed by atoms with Gasteiger partial charge >= 0.3 is 0 Å². The maximum absolute atomic E-state index is 13.1. The van der Waals surface area contributed by atoms with Crippen LogP contribution >= 0.6 is 0 Å². The van der Waals surface area contributed by atoms with E-state index in [9.17, 15) is 9.50 Å². The third-order valence-corrected chi connectivity index (χ3v) is 3.02. The van der Waals surface area contributed by atoms with E-state index in [1.54, 1.807) is 30.4 Å². The van der Waals surface area contributed by atoms with Crippen LogP contribution in [0, 0.1) is 5.82 Å². The minimum atomic E-state index is -0.267. The second-order valence-corrected chi connectivity index (χ2v) is 4.47. The van der Waals surface area contributed by atoms with Crippen molar-refractivity contribution in [3.8, 4) is 5.75 Å². The highest BCUT2D eigenvalue weighted by Gasteiger charge is 2.00. The zero-order valence-corrected chi connectivity index (χ0v) is 10.6. The lowest BCUT2D eigenvalue weighted by molar-refractivity contribution is 0.480. The maximum Gasteiger partial charge on any atom is 0.141 e. The molecule has 20 heavy (non-hydrogen) atoms. The Morgan fingerprint density at radius 3 is 2.65 bits per heavy atom. The minimum absolute atomic E-state index is 0.156. The molecule has 0 aliphatic heterocycles. The molecule has 1 heterocycles. The van der Waals surface area contributed by atoms with E-state index < -0.39 is 0 Å². The molecule has 0 saturated heterocycles. The fourth-order valence-corrected chi connectivity index (χ4v) is 2.03. The molecule has 0 aliphatic rings. The first-order chi connectivity index (χ1) is 9.72. The van der Waals surface area contributed by atoms with Crippen molar-refractivity contribution in [3.63, 3.8) is 0 Å². The predicted octanol–water partition coefficient (Wildman–Crippen LogP) is 4.25. The zero-order chi connectivity index (χ0) is 13.9. The van der Waals surface area contributed by atoms with E-state index in [2.05, 4.69) is 4.98 Å². The third kappa shape index (κ3) is 2.52. The van der Waals surface area contributed by atoms with Crippen LogP contribution in [0.1, 0.15) is 11.3 Å². The number of benzene rings is 2. The van der Waals surface area contributed by atoms with Gasteiger partial charge < -0.3 is 5.11 Å². The van der Waals surface area contributed by atoms with E-state index in [0.29, 0.717) is 11.2 Å². The van der Waals surface area contributed by atoms with E-state index >= 15 is 0 Å². The normalized spacial score (nSPS) is 11.2. The van der Waals surface area contributed by atoms with Crippen LogP contribution < -0.4 is 0 Å². The van der Waals surface area contributed by atoms with Crippen LogP contribution in [0.25, 0.3) is 23.1 Å². The fourth-order valence-electron chi connectivity index (χ4n) is 2.03. The Kier molecular flexibility index (Phi) is 3.17. The molecule has 1 aromatic heterocycles. The van der Waals surface area contributed by atoms with Crippen molar-refractivity contribution in [1.82, 2.24) is 4.98 Å². The summed E-state index contributed by atoms with van der Waals surface area (Å²) in [5, 5.41) is 10.7. The molecule has 3 heteroatoms. The lowest BCUT2D eigenvalue weighted by atomic mass is 10.1. The van der Waals surface area contributed by atoms with E-state index in [4.69, 9.17) is 0 Å². The maximum atomic E-state index is 13.1. The molecule has 3 rings (SSSR count). The Hall–Kier alpha value is -2.68. The number of pyridine rings is 1. The molecule has 0 unspecified atom stereocenters. The fraction of sp³-hybridized carbons (Fsp3) is 0. The second-order valence-electron chi connectivity index (χ2n) is 4.47. The van der Waals surface area contributed by atoms with Crippen LogP contribution in [0.2, 0.25) is 0 Å². The van der Waals surface area contributed by atoms with Gasteiger partial charge in [-0.25, -0.2) is 9.37 Å². The Bertz CT molecular complexity index is 796. The smallest absolute Gasteiger partial charge is 0.141 e. The Labute approximate surface area is 115 Å². The second kappa shape index (κ2) is 5.13. The lowest BCUT2D eigenvalue weighted by Crippen LogP contribution is -1.84. The van der Waals surface area contributed by atoms with Crippen LogP contribution in [0.5, 0.6) is 5.75 Å². The van der Waals surface area contributed by atoms with Gasteiger partial charge in [-0.1, -0.05) is 36.4 Å². The van der Waals surface area contributed by atoms with Gasteiger partial charge in [0.2, 0.25) is 0 Å². The summed E-state index contributed by atoms with van der Waals surface area (Å²) in [4.78, 5) is 4.38. The van der Waals surface area contributed by atoms with Crippen LogP contribution in [0.3, 0.4) is 0 Å². The molecule has 0 fully saturated rings. The van der Waals surface area contributed by atoms with E-state index in [0.717, 1.165) is 10.9 Å². The Morgan fingerprint density at radius 2 is 1.80 bits per heavy atom. The predicted molar refractivity (Wildman–Crippen MR) is 78.7 cm³/mol. The van der Waals surface area contributed by atoms with Crippen LogP contribution in [-0.2, 0) is 0 Å². The molecule has 0 aliphatic carbocycles. The summed E-state index contributed by atoms with van der Waals surface area (Å²) >= 11 is 0. The van der Waals surface area contributed by atoms with E-state index in [1.807, 2.05) is 24.3 Å². The molecule has 2 aromatic carbocycles. The van der Waals surface area contributed by atoms with Crippen LogP contribution in [0.4, 0.5) is 4.39 Å². The summed E-state index contributed by atoms with van der Waals surface area (Å²) in [6, 6.07) is 15.4. The number of nitrogens with zero attached hydrogens (tertiary/aromatic N) is 1. The molecule has 0 amide bonds. The molecule has 0 spiro atoms. The summed E-state index contributed by atoms with van der Waals surface area (Å²) in [6.45, 7) is 0. The molecule has 0 atom stereocenters. The summed E-state index contributed by atoms with van der Waals surface area (Å²) < 4.78 is 13.1. The summed E-state index contributed by atoms with van der Waals surface area (Å²) in [6.07, 6.45) is 3.58. The molecule has 3 aromatic rings. The molecular weight excluding hydrogens is 253 g/mol. The molecule has 0 saturated carbocycles. The molecule has 0 bridgehead atoms. The van der Waals surface area contributed by atoms with Crippen LogP contribution in [0.15, 0.2) is 54.6 Å². The number of aromatic hydroxyl groups is 1. The number of halogens is 1. The van der Waals surface area contributed by atoms with Gasteiger partial charge in [0.25, 0.3) is 0 Å². The number of rotatable bonds is 2. The third-order valence-electron chi connectivity index (χ3n) is 3.02. The quantitative estimate of drug-likeness (QED) is 0.751. The number of phenols is 1. The molecule has 0 radical (unpaired) electrons. The van der Waals surface area contributed by atoms with Gasteiger partial charge in [0.05, 0.1) is 5.69 Å². The Morgan fingerprint density at radius 1 is 0.950 bits per heavy atom. The number of hydrogen-bond acceptors (Lipinski definition) is 2. The highest BCUT2D eigenvalue weighted by Crippen LogP contribution is 2.22.